The highest BCUT2D eigenvalue weighted by atomic mass is 16.1. The molecule has 2 saturated heterocycles. The largest absolute Gasteiger partial charge is 0.332 e. The first-order valence-corrected chi connectivity index (χ1v) is 10.9. The van der Waals surface area contributed by atoms with E-state index in [9.17, 15) is 4.79 Å². The van der Waals surface area contributed by atoms with Gasteiger partial charge in [0.15, 0.2) is 0 Å². The van der Waals surface area contributed by atoms with Crippen LogP contribution in [0.2, 0.25) is 0 Å². The van der Waals surface area contributed by atoms with Gasteiger partial charge in [0, 0.05) is 62.5 Å². The lowest BCUT2D eigenvalue weighted by Crippen LogP contribution is -2.56. The Morgan fingerprint density at radius 3 is 2.34 bits per heavy atom. The first-order chi connectivity index (χ1) is 13.8. The van der Waals surface area contributed by atoms with Crippen molar-refractivity contribution < 1.29 is 4.79 Å². The molecule has 0 saturated carbocycles. The fourth-order valence-corrected chi connectivity index (χ4v) is 4.15. The number of ketones is 1. The number of likely N-dealkylation sites (tertiary alicyclic amines) is 1. The molecule has 2 fully saturated rings. The van der Waals surface area contributed by atoms with Crippen molar-refractivity contribution >= 4 is 11.7 Å². The second kappa shape index (κ2) is 9.69. The van der Waals surface area contributed by atoms with Gasteiger partial charge in [-0.15, -0.1) is 0 Å². The molecule has 3 rings (SSSR count). The summed E-state index contributed by atoms with van der Waals surface area (Å²) in [6, 6.07) is 1.64. The summed E-state index contributed by atoms with van der Waals surface area (Å²) in [6.45, 7) is 12.0. The van der Waals surface area contributed by atoms with Crippen LogP contribution in [0.1, 0.15) is 52.5 Å². The van der Waals surface area contributed by atoms with E-state index in [1.807, 2.05) is 33.3 Å². The van der Waals surface area contributed by atoms with Crippen molar-refractivity contribution in [1.82, 2.24) is 19.8 Å². The standard InChI is InChI=1S/C23H35N5O/c1-17(2)22(29)10-12-26(5)11-6-7-19-13-24-23(25-14-19)28-20-8-9-21(28)16-27(15-20)18(3)4/h13-14,17-18,20-21H,8-12,15-16H2,1-5H3. The molecule has 29 heavy (non-hydrogen) atoms. The minimum atomic E-state index is 0.105. The van der Waals surface area contributed by atoms with Gasteiger partial charge >= 0.3 is 0 Å². The fourth-order valence-electron chi connectivity index (χ4n) is 4.15. The van der Waals surface area contributed by atoms with Crippen LogP contribution in [0.15, 0.2) is 12.4 Å². The predicted octanol–water partition coefficient (Wildman–Crippen LogP) is 2.44. The Morgan fingerprint density at radius 1 is 1.17 bits per heavy atom. The molecule has 2 bridgehead atoms. The summed E-state index contributed by atoms with van der Waals surface area (Å²) >= 11 is 0. The van der Waals surface area contributed by atoms with Gasteiger partial charge < -0.3 is 4.90 Å². The molecule has 2 atom stereocenters. The molecule has 6 nitrogen and oxygen atoms in total. The number of rotatable bonds is 7. The number of carbonyl (C=O) groups is 1. The molecule has 2 aliphatic rings. The van der Waals surface area contributed by atoms with Gasteiger partial charge in [0.1, 0.15) is 5.78 Å². The van der Waals surface area contributed by atoms with E-state index in [-0.39, 0.29) is 5.92 Å². The summed E-state index contributed by atoms with van der Waals surface area (Å²) in [7, 11) is 1.99. The molecule has 1 aromatic heterocycles. The maximum absolute atomic E-state index is 11.7. The summed E-state index contributed by atoms with van der Waals surface area (Å²) in [4.78, 5) is 28.0. The highest BCUT2D eigenvalue weighted by molar-refractivity contribution is 5.80. The van der Waals surface area contributed by atoms with Gasteiger partial charge in [0.25, 0.3) is 0 Å². The van der Waals surface area contributed by atoms with Gasteiger partial charge in [0.05, 0.1) is 12.1 Å². The number of piperazine rings is 1. The van der Waals surface area contributed by atoms with Crippen LogP contribution in [0.3, 0.4) is 0 Å². The molecule has 2 unspecified atom stereocenters. The van der Waals surface area contributed by atoms with Gasteiger partial charge in [0.2, 0.25) is 5.95 Å². The summed E-state index contributed by atoms with van der Waals surface area (Å²) < 4.78 is 0. The zero-order valence-corrected chi connectivity index (χ0v) is 18.6. The highest BCUT2D eigenvalue weighted by Crippen LogP contribution is 2.33. The van der Waals surface area contributed by atoms with Crippen LogP contribution in [0.5, 0.6) is 0 Å². The number of carbonyl (C=O) groups excluding carboxylic acids is 1. The van der Waals surface area contributed by atoms with E-state index in [1.165, 1.54) is 12.8 Å². The Morgan fingerprint density at radius 2 is 1.79 bits per heavy atom. The maximum atomic E-state index is 11.7. The van der Waals surface area contributed by atoms with Crippen LogP contribution in [-0.2, 0) is 4.79 Å². The van der Waals surface area contributed by atoms with Crippen molar-refractivity contribution in [2.75, 3.05) is 38.1 Å². The molecule has 0 amide bonds. The molecule has 3 heterocycles. The van der Waals surface area contributed by atoms with E-state index in [4.69, 9.17) is 0 Å². The number of hydrogen-bond acceptors (Lipinski definition) is 6. The third-order valence-corrected chi connectivity index (χ3v) is 6.08. The first-order valence-electron chi connectivity index (χ1n) is 10.9. The second-order valence-corrected chi connectivity index (χ2v) is 9.02. The maximum Gasteiger partial charge on any atom is 0.225 e. The van der Waals surface area contributed by atoms with Crippen molar-refractivity contribution in [3.63, 3.8) is 0 Å². The summed E-state index contributed by atoms with van der Waals surface area (Å²) in [5.74, 6) is 7.57. The number of Topliss-reactive ketones (excluding diaryl/α,β-unsaturated/α-hetero) is 1. The molecular formula is C23H35N5O. The van der Waals surface area contributed by atoms with Crippen LogP contribution in [-0.4, -0.2) is 76.9 Å². The van der Waals surface area contributed by atoms with E-state index in [0.29, 0.717) is 36.9 Å². The molecule has 0 spiro atoms. The zero-order valence-electron chi connectivity index (χ0n) is 18.6. The minimum absolute atomic E-state index is 0.105. The molecule has 1 aromatic rings. The van der Waals surface area contributed by atoms with E-state index in [2.05, 4.69) is 50.4 Å². The Bertz CT molecular complexity index is 735. The number of hydrogen-bond donors (Lipinski definition) is 0. The molecule has 0 aromatic carbocycles. The molecule has 0 aliphatic carbocycles. The topological polar surface area (TPSA) is 52.6 Å². The molecule has 2 aliphatic heterocycles. The number of nitrogens with zero attached hydrogens (tertiary/aromatic N) is 5. The lowest BCUT2D eigenvalue weighted by molar-refractivity contribution is -0.122. The van der Waals surface area contributed by atoms with Crippen LogP contribution in [0, 0.1) is 17.8 Å². The lowest BCUT2D eigenvalue weighted by atomic mass is 10.1. The van der Waals surface area contributed by atoms with Gasteiger partial charge in [-0.05, 0) is 33.7 Å². The fraction of sp³-hybridized carbons (Fsp3) is 0.696. The highest BCUT2D eigenvalue weighted by Gasteiger charge is 2.41. The molecular weight excluding hydrogens is 362 g/mol. The van der Waals surface area contributed by atoms with E-state index < -0.39 is 0 Å². The Hall–Kier alpha value is -1.97. The lowest BCUT2D eigenvalue weighted by Gasteiger charge is -2.42. The van der Waals surface area contributed by atoms with Crippen molar-refractivity contribution in [2.24, 2.45) is 5.92 Å². The monoisotopic (exact) mass is 397 g/mol. The van der Waals surface area contributed by atoms with Crippen LogP contribution < -0.4 is 4.90 Å². The van der Waals surface area contributed by atoms with E-state index >= 15 is 0 Å². The van der Waals surface area contributed by atoms with E-state index in [0.717, 1.165) is 31.1 Å². The Balaban J connectivity index is 1.53. The summed E-state index contributed by atoms with van der Waals surface area (Å²) in [6.07, 6.45) is 6.72. The van der Waals surface area contributed by atoms with Crippen molar-refractivity contribution in [2.45, 2.75) is 65.1 Å². The molecule has 158 valence electrons. The van der Waals surface area contributed by atoms with Gasteiger partial charge in [-0.25, -0.2) is 9.97 Å². The smallest absolute Gasteiger partial charge is 0.225 e. The molecule has 0 N–H and O–H groups in total. The van der Waals surface area contributed by atoms with Crippen molar-refractivity contribution in [3.8, 4) is 11.8 Å². The summed E-state index contributed by atoms with van der Waals surface area (Å²) in [5.41, 5.74) is 0.841. The third kappa shape index (κ3) is 5.55. The van der Waals surface area contributed by atoms with Gasteiger partial charge in [-0.3, -0.25) is 14.6 Å². The third-order valence-electron chi connectivity index (χ3n) is 6.08. The average molecular weight is 398 g/mol. The Labute approximate surface area is 175 Å². The van der Waals surface area contributed by atoms with Gasteiger partial charge in [-0.2, -0.15) is 0 Å². The van der Waals surface area contributed by atoms with Gasteiger partial charge in [-0.1, -0.05) is 25.7 Å². The number of anilines is 1. The van der Waals surface area contributed by atoms with Crippen molar-refractivity contribution in [3.05, 3.63) is 18.0 Å². The quantitative estimate of drug-likeness (QED) is 0.659. The second-order valence-electron chi connectivity index (χ2n) is 9.02. The zero-order chi connectivity index (χ0) is 21.0. The minimum Gasteiger partial charge on any atom is -0.332 e. The van der Waals surface area contributed by atoms with Crippen LogP contribution in [0.25, 0.3) is 0 Å². The molecule has 0 radical (unpaired) electrons. The number of fused-ring (bicyclic) bond motifs is 2. The van der Waals surface area contributed by atoms with Crippen LogP contribution in [0.4, 0.5) is 5.95 Å². The van der Waals surface area contributed by atoms with Crippen LogP contribution >= 0.6 is 0 Å². The SMILES string of the molecule is CC(C)C(=O)CCN(C)CC#Cc1cnc(N2C3CCC2CN(C(C)C)C3)nc1. The normalized spacial score (nSPS) is 21.7. The first kappa shape index (κ1) is 21.7. The Kier molecular flexibility index (Phi) is 7.26. The number of aromatic nitrogens is 2. The molecule has 6 heteroatoms. The average Bonchev–Trinajstić information content (AvgIpc) is 2.95. The van der Waals surface area contributed by atoms with Crippen molar-refractivity contribution in [1.29, 1.82) is 0 Å². The predicted molar refractivity (Wildman–Crippen MR) is 117 cm³/mol. The summed E-state index contributed by atoms with van der Waals surface area (Å²) in [5, 5.41) is 0. The van der Waals surface area contributed by atoms with E-state index in [1.54, 1.807) is 0 Å².